The molecule has 4 aromatic rings. The molecule has 0 fully saturated rings. The van der Waals surface area contributed by atoms with E-state index in [9.17, 15) is 13.6 Å². The summed E-state index contributed by atoms with van der Waals surface area (Å²) in [6.45, 7) is 0.250. The smallest absolute Gasteiger partial charge is 0.270 e. The highest BCUT2D eigenvalue weighted by atomic mass is 19.1. The Balaban J connectivity index is 1.69. The van der Waals surface area contributed by atoms with Gasteiger partial charge in [-0.25, -0.2) is 13.5 Å². The minimum Gasteiger partial charge on any atom is -0.345 e. The van der Waals surface area contributed by atoms with Crippen molar-refractivity contribution >= 4 is 5.91 Å². The third-order valence-electron chi connectivity index (χ3n) is 4.31. The van der Waals surface area contributed by atoms with Gasteiger partial charge in [-0.1, -0.05) is 6.07 Å². The van der Waals surface area contributed by atoms with E-state index in [1.165, 1.54) is 41.1 Å². The van der Waals surface area contributed by atoms with Crippen molar-refractivity contribution in [3.63, 3.8) is 0 Å². The minimum absolute atomic E-state index is 0.250. The van der Waals surface area contributed by atoms with Gasteiger partial charge >= 0.3 is 0 Å². The van der Waals surface area contributed by atoms with Gasteiger partial charge in [0, 0.05) is 11.8 Å². The second-order valence-electron chi connectivity index (χ2n) is 6.31. The molecular weight excluding hydrogens is 374 g/mol. The first-order valence-corrected chi connectivity index (χ1v) is 8.90. The van der Waals surface area contributed by atoms with Crippen LogP contribution in [-0.4, -0.2) is 20.7 Å². The number of halogens is 2. The van der Waals surface area contributed by atoms with Crippen molar-refractivity contribution in [1.82, 2.24) is 20.1 Å². The van der Waals surface area contributed by atoms with E-state index < -0.39 is 0 Å². The lowest BCUT2D eigenvalue weighted by atomic mass is 10.1. The normalized spacial score (nSPS) is 10.7. The number of aromatic nitrogens is 3. The average Bonchev–Trinajstić information content (AvgIpc) is 3.19. The topological polar surface area (TPSA) is 59.8 Å². The summed E-state index contributed by atoms with van der Waals surface area (Å²) in [4.78, 5) is 17.0. The SMILES string of the molecule is O=C(NCc1ccccn1)c1cc(-c2ccc(F)cc2)nn1-c1ccc(F)cc1. The number of hydrogen-bond donors (Lipinski definition) is 1. The highest BCUT2D eigenvalue weighted by Crippen LogP contribution is 2.22. The molecule has 2 aromatic heterocycles. The predicted molar refractivity (Wildman–Crippen MR) is 104 cm³/mol. The molecule has 1 N–H and O–H groups in total. The van der Waals surface area contributed by atoms with E-state index in [2.05, 4.69) is 15.4 Å². The standard InChI is InChI=1S/C22H16F2N4O/c23-16-6-4-15(5-7-16)20-13-21(22(29)26-14-18-3-1-2-12-25-18)28(27-20)19-10-8-17(24)9-11-19/h1-13H,14H2,(H,26,29). The summed E-state index contributed by atoms with van der Waals surface area (Å²) in [7, 11) is 0. The number of hydrogen-bond acceptors (Lipinski definition) is 3. The van der Waals surface area contributed by atoms with Gasteiger partial charge in [0.25, 0.3) is 5.91 Å². The van der Waals surface area contributed by atoms with Gasteiger partial charge in [0.15, 0.2) is 0 Å². The van der Waals surface area contributed by atoms with Gasteiger partial charge in [-0.05, 0) is 66.7 Å². The van der Waals surface area contributed by atoms with E-state index in [1.54, 1.807) is 30.5 Å². The monoisotopic (exact) mass is 390 g/mol. The van der Waals surface area contributed by atoms with E-state index in [1.807, 2.05) is 12.1 Å². The quantitative estimate of drug-likeness (QED) is 0.557. The van der Waals surface area contributed by atoms with Crippen molar-refractivity contribution < 1.29 is 13.6 Å². The van der Waals surface area contributed by atoms with E-state index in [0.29, 0.717) is 22.6 Å². The number of carbonyl (C=O) groups excluding carboxylic acids is 1. The van der Waals surface area contributed by atoms with Gasteiger partial charge in [-0.15, -0.1) is 0 Å². The van der Waals surface area contributed by atoms with Crippen LogP contribution in [0.5, 0.6) is 0 Å². The Hall–Kier alpha value is -3.87. The fourth-order valence-corrected chi connectivity index (χ4v) is 2.85. The summed E-state index contributed by atoms with van der Waals surface area (Å²) in [5.41, 5.74) is 2.67. The van der Waals surface area contributed by atoms with Crippen LogP contribution in [0.2, 0.25) is 0 Å². The molecule has 0 saturated heterocycles. The summed E-state index contributed by atoms with van der Waals surface area (Å²) in [6.07, 6.45) is 1.65. The van der Waals surface area contributed by atoms with Crippen LogP contribution in [0.3, 0.4) is 0 Å². The zero-order chi connectivity index (χ0) is 20.2. The van der Waals surface area contributed by atoms with Gasteiger partial charge in [-0.3, -0.25) is 9.78 Å². The van der Waals surface area contributed by atoms with Gasteiger partial charge in [-0.2, -0.15) is 5.10 Å². The van der Waals surface area contributed by atoms with Crippen molar-refractivity contribution in [2.75, 3.05) is 0 Å². The maximum atomic E-state index is 13.3. The molecule has 29 heavy (non-hydrogen) atoms. The second kappa shape index (κ2) is 8.02. The summed E-state index contributed by atoms with van der Waals surface area (Å²) < 4.78 is 28.0. The number of amides is 1. The number of benzene rings is 2. The molecule has 144 valence electrons. The molecular formula is C22H16F2N4O. The van der Waals surface area contributed by atoms with Crippen molar-refractivity contribution in [3.8, 4) is 16.9 Å². The summed E-state index contributed by atoms with van der Waals surface area (Å²) in [5.74, 6) is -1.11. The first-order valence-electron chi connectivity index (χ1n) is 8.90. The fraction of sp³-hybridized carbons (Fsp3) is 0.0455. The molecule has 2 heterocycles. The number of nitrogens with one attached hydrogen (secondary N) is 1. The summed E-state index contributed by atoms with van der Waals surface area (Å²) in [6, 6.07) is 18.5. The molecule has 0 aliphatic carbocycles. The molecule has 0 spiro atoms. The molecule has 0 atom stereocenters. The lowest BCUT2D eigenvalue weighted by Crippen LogP contribution is -2.25. The summed E-state index contributed by atoms with van der Waals surface area (Å²) >= 11 is 0. The van der Waals surface area contributed by atoms with Crippen LogP contribution in [0.4, 0.5) is 8.78 Å². The van der Waals surface area contributed by atoms with Crippen LogP contribution in [-0.2, 0) is 6.54 Å². The number of pyridine rings is 1. The van der Waals surface area contributed by atoms with E-state index >= 15 is 0 Å². The minimum atomic E-state index is -0.388. The number of carbonyl (C=O) groups is 1. The van der Waals surface area contributed by atoms with E-state index in [-0.39, 0.29) is 29.8 Å². The highest BCUT2D eigenvalue weighted by Gasteiger charge is 2.18. The number of rotatable bonds is 5. The fourth-order valence-electron chi connectivity index (χ4n) is 2.85. The molecule has 4 rings (SSSR count). The molecule has 7 heteroatoms. The lowest BCUT2D eigenvalue weighted by Gasteiger charge is -2.08. The molecule has 1 amide bonds. The third kappa shape index (κ3) is 4.19. The number of nitrogens with zero attached hydrogens (tertiary/aromatic N) is 3. The van der Waals surface area contributed by atoms with Crippen molar-refractivity contribution in [3.05, 3.63) is 102 Å². The van der Waals surface area contributed by atoms with Crippen molar-refractivity contribution in [2.24, 2.45) is 0 Å². The second-order valence-corrected chi connectivity index (χ2v) is 6.31. The molecule has 0 aliphatic heterocycles. The molecule has 0 aliphatic rings. The Labute approximate surface area is 165 Å². The molecule has 5 nitrogen and oxygen atoms in total. The zero-order valence-corrected chi connectivity index (χ0v) is 15.2. The maximum Gasteiger partial charge on any atom is 0.270 e. The van der Waals surface area contributed by atoms with Crippen LogP contribution >= 0.6 is 0 Å². The van der Waals surface area contributed by atoms with Crippen LogP contribution in [0.15, 0.2) is 79.0 Å². The molecule has 0 unspecified atom stereocenters. The van der Waals surface area contributed by atoms with Gasteiger partial charge in [0.05, 0.1) is 23.6 Å². The van der Waals surface area contributed by atoms with Crippen molar-refractivity contribution in [1.29, 1.82) is 0 Å². The van der Waals surface area contributed by atoms with Crippen LogP contribution < -0.4 is 5.32 Å². The third-order valence-corrected chi connectivity index (χ3v) is 4.31. The van der Waals surface area contributed by atoms with Crippen LogP contribution in [0, 0.1) is 11.6 Å². The first kappa shape index (κ1) is 18.5. The van der Waals surface area contributed by atoms with Crippen LogP contribution in [0.25, 0.3) is 16.9 Å². The molecule has 0 bridgehead atoms. The van der Waals surface area contributed by atoms with Gasteiger partial charge in [0.1, 0.15) is 17.3 Å². The molecule has 0 saturated carbocycles. The van der Waals surface area contributed by atoms with Crippen LogP contribution in [0.1, 0.15) is 16.2 Å². The first-order chi connectivity index (χ1) is 14.1. The Morgan fingerprint density at radius 1 is 0.931 bits per heavy atom. The summed E-state index contributed by atoms with van der Waals surface area (Å²) in [5, 5.41) is 7.30. The average molecular weight is 390 g/mol. The Kier molecular flexibility index (Phi) is 5.11. The Morgan fingerprint density at radius 2 is 1.62 bits per heavy atom. The Bertz CT molecular complexity index is 1120. The largest absolute Gasteiger partial charge is 0.345 e. The molecule has 0 radical (unpaired) electrons. The van der Waals surface area contributed by atoms with Crippen molar-refractivity contribution in [2.45, 2.75) is 6.54 Å². The predicted octanol–water partition coefficient (Wildman–Crippen LogP) is 4.14. The Morgan fingerprint density at radius 3 is 2.28 bits per heavy atom. The van der Waals surface area contributed by atoms with Gasteiger partial charge in [0.2, 0.25) is 0 Å². The zero-order valence-electron chi connectivity index (χ0n) is 15.2. The van der Waals surface area contributed by atoms with E-state index in [0.717, 1.165) is 0 Å². The maximum absolute atomic E-state index is 13.3. The van der Waals surface area contributed by atoms with E-state index in [4.69, 9.17) is 0 Å². The molecule has 2 aromatic carbocycles. The van der Waals surface area contributed by atoms with Gasteiger partial charge < -0.3 is 5.32 Å². The highest BCUT2D eigenvalue weighted by molar-refractivity contribution is 5.94. The lowest BCUT2D eigenvalue weighted by molar-refractivity contribution is 0.0942.